The van der Waals surface area contributed by atoms with Gasteiger partial charge in [0.2, 0.25) is 12.6 Å². The summed E-state index contributed by atoms with van der Waals surface area (Å²) in [4.78, 5) is 39.0. The maximum absolute atomic E-state index is 15.0. The summed E-state index contributed by atoms with van der Waals surface area (Å²) < 4.78 is 74.4. The number of likely N-dealkylation sites (tertiary alicyclic amines) is 1. The zero-order chi connectivity index (χ0) is 42.2. The van der Waals surface area contributed by atoms with Crippen LogP contribution in [0.1, 0.15) is 83.7 Å². The SMILES string of the molecule is C=C(NCc1cccc(Cl)c1F)[C@@H]1C[C@@H](F)CN1C(=C)Cn1cc(C(C)=O)c2ccc(OCP(=O)(OC(OC(=O)CC)C(C)C)OC(OC(=O)CC)C(C)C)cc21. The fourth-order valence-corrected chi connectivity index (χ4v) is 7.96. The molecular weight excluding hydrogens is 783 g/mol. The molecule has 4 rings (SSSR count). The molecule has 1 fully saturated rings. The van der Waals surface area contributed by atoms with E-state index in [2.05, 4.69) is 18.5 Å². The number of hydrogen-bond acceptors (Lipinski definition) is 11. The van der Waals surface area contributed by atoms with Gasteiger partial charge >= 0.3 is 19.5 Å². The minimum Gasteiger partial charge on any atom is -0.481 e. The summed E-state index contributed by atoms with van der Waals surface area (Å²) >= 11 is 5.94. The van der Waals surface area contributed by atoms with Crippen molar-refractivity contribution in [3.05, 3.63) is 89.1 Å². The molecule has 1 aromatic heterocycles. The smallest absolute Gasteiger partial charge is 0.373 e. The average Bonchev–Trinajstić information content (AvgIpc) is 3.74. The fraction of sp³-hybridized carbons (Fsp3) is 0.488. The molecule has 4 atom stereocenters. The molecule has 2 heterocycles. The third kappa shape index (κ3) is 11.9. The number of benzene rings is 2. The Morgan fingerprint density at radius 3 is 2.18 bits per heavy atom. The first kappa shape index (κ1) is 45.5. The molecule has 0 saturated carbocycles. The molecule has 1 aliphatic heterocycles. The van der Waals surface area contributed by atoms with E-state index in [1.807, 2.05) is 0 Å². The number of alkyl halides is 1. The van der Waals surface area contributed by atoms with Crippen molar-refractivity contribution in [3.8, 4) is 5.75 Å². The lowest BCUT2D eigenvalue weighted by Crippen LogP contribution is -2.36. The number of carbonyl (C=O) groups is 3. The van der Waals surface area contributed by atoms with Gasteiger partial charge in [-0.3, -0.25) is 28.0 Å². The van der Waals surface area contributed by atoms with Crippen LogP contribution < -0.4 is 10.1 Å². The van der Waals surface area contributed by atoms with E-state index in [9.17, 15) is 27.7 Å². The first-order chi connectivity index (χ1) is 26.9. The fourth-order valence-electron chi connectivity index (χ4n) is 6.08. The molecule has 3 aromatic rings. The summed E-state index contributed by atoms with van der Waals surface area (Å²) in [5, 5.41) is 3.72. The number of nitrogens with one attached hydrogen (secondary N) is 1. The number of carbonyl (C=O) groups excluding carboxylic acids is 3. The number of aromatic nitrogens is 1. The minimum absolute atomic E-state index is 0.00310. The highest BCUT2D eigenvalue weighted by Gasteiger charge is 2.39. The Morgan fingerprint density at radius 2 is 1.61 bits per heavy atom. The number of allylic oxidation sites excluding steroid dienone is 1. The van der Waals surface area contributed by atoms with Crippen LogP contribution in [0.5, 0.6) is 5.75 Å². The van der Waals surface area contributed by atoms with Crippen LogP contribution in [-0.4, -0.2) is 64.9 Å². The number of rotatable bonds is 21. The quantitative estimate of drug-likeness (QED) is 0.0476. The van der Waals surface area contributed by atoms with Gasteiger partial charge in [-0.1, -0.05) is 78.4 Å². The molecule has 2 unspecified atom stereocenters. The standard InChI is InChI=1S/C41H53ClF2N3O9P/c1-10-37(49)53-40(24(3)4)55-57(51,56-41(25(5)6)54-38(50)11-2)23-52-31-15-16-32-33(28(9)48)22-46(36(32)18-31)20-26(7)47-21-30(43)17-35(47)27(8)45-19-29-13-12-14-34(42)39(29)44/h12-16,18,22,24-25,30,35,40-41,45H,7-8,10-11,17,19-21,23H2,1-6,9H3/t30-,35+,40?,41?,57?/m1/s1. The number of ether oxygens (including phenoxy) is 3. The van der Waals surface area contributed by atoms with Crippen LogP contribution in [0.3, 0.4) is 0 Å². The largest absolute Gasteiger partial charge is 0.481 e. The Hall–Kier alpha value is -4.23. The predicted octanol–water partition coefficient (Wildman–Crippen LogP) is 9.30. The second kappa shape index (κ2) is 20.0. The van der Waals surface area contributed by atoms with Crippen molar-refractivity contribution < 1.29 is 51.0 Å². The normalized spacial score (nSPS) is 17.6. The van der Waals surface area contributed by atoms with Gasteiger partial charge in [-0.05, 0) is 25.1 Å². The number of esters is 2. The molecule has 12 nitrogen and oxygen atoms in total. The van der Waals surface area contributed by atoms with E-state index >= 15 is 0 Å². The van der Waals surface area contributed by atoms with E-state index in [1.54, 1.807) is 87.5 Å². The van der Waals surface area contributed by atoms with E-state index in [0.29, 0.717) is 33.4 Å². The summed E-state index contributed by atoms with van der Waals surface area (Å²) in [6, 6.07) is 9.13. The van der Waals surface area contributed by atoms with Gasteiger partial charge in [-0.2, -0.15) is 0 Å². The monoisotopic (exact) mass is 835 g/mol. The Kier molecular flexibility index (Phi) is 15.9. The number of fused-ring (bicyclic) bond motifs is 1. The molecule has 0 amide bonds. The third-order valence-electron chi connectivity index (χ3n) is 9.26. The Morgan fingerprint density at radius 1 is 1.00 bits per heavy atom. The summed E-state index contributed by atoms with van der Waals surface area (Å²) in [6.45, 7) is 20.2. The highest BCUT2D eigenvalue weighted by atomic mass is 35.5. The highest BCUT2D eigenvalue weighted by Crippen LogP contribution is 2.52. The van der Waals surface area contributed by atoms with Crippen molar-refractivity contribution in [2.24, 2.45) is 11.8 Å². The molecule has 0 bridgehead atoms. The van der Waals surface area contributed by atoms with Gasteiger partial charge in [0.05, 0.1) is 23.1 Å². The summed E-state index contributed by atoms with van der Waals surface area (Å²) in [7, 11) is -4.35. The van der Waals surface area contributed by atoms with Crippen LogP contribution >= 0.6 is 19.2 Å². The van der Waals surface area contributed by atoms with Gasteiger partial charge in [0.15, 0.2) is 12.1 Å². The zero-order valence-corrected chi connectivity index (χ0v) is 35.2. The van der Waals surface area contributed by atoms with Crippen LogP contribution in [-0.2, 0) is 45.8 Å². The Balaban J connectivity index is 1.60. The van der Waals surface area contributed by atoms with Gasteiger partial charge in [0, 0.05) is 84.4 Å². The van der Waals surface area contributed by atoms with E-state index in [-0.39, 0.29) is 55.5 Å². The number of Topliss-reactive ketones (excluding diaryl/α,β-unsaturated/α-hetero) is 1. The van der Waals surface area contributed by atoms with Gasteiger partial charge in [0.25, 0.3) is 0 Å². The molecule has 1 aliphatic rings. The van der Waals surface area contributed by atoms with Gasteiger partial charge < -0.3 is 29.0 Å². The van der Waals surface area contributed by atoms with Crippen molar-refractivity contribution in [1.29, 1.82) is 0 Å². The van der Waals surface area contributed by atoms with E-state index in [1.165, 1.54) is 13.0 Å². The van der Waals surface area contributed by atoms with Gasteiger partial charge in [0.1, 0.15) is 17.7 Å². The van der Waals surface area contributed by atoms with Crippen molar-refractivity contribution in [1.82, 2.24) is 14.8 Å². The minimum atomic E-state index is -4.35. The molecule has 0 aliphatic carbocycles. The Labute approximate surface area is 338 Å². The van der Waals surface area contributed by atoms with Crippen LogP contribution in [0.15, 0.2) is 67.1 Å². The van der Waals surface area contributed by atoms with Crippen LogP contribution in [0, 0.1) is 17.7 Å². The number of ketones is 1. The topological polar surface area (TPSA) is 135 Å². The summed E-state index contributed by atoms with van der Waals surface area (Å²) in [5.74, 6) is -2.55. The van der Waals surface area contributed by atoms with Gasteiger partial charge in [-0.15, -0.1) is 0 Å². The second-order valence-electron chi connectivity index (χ2n) is 14.6. The van der Waals surface area contributed by atoms with Crippen molar-refractivity contribution >= 4 is 47.8 Å². The molecule has 1 N–H and O–H groups in total. The molecule has 57 heavy (non-hydrogen) atoms. The molecular formula is C41H53ClF2N3O9P. The highest BCUT2D eigenvalue weighted by molar-refractivity contribution is 7.53. The molecule has 2 aromatic carbocycles. The molecule has 1 saturated heterocycles. The lowest BCUT2D eigenvalue weighted by molar-refractivity contribution is -0.179. The van der Waals surface area contributed by atoms with Crippen LogP contribution in [0.4, 0.5) is 8.78 Å². The molecule has 0 spiro atoms. The van der Waals surface area contributed by atoms with Crippen LogP contribution in [0.25, 0.3) is 10.9 Å². The molecule has 16 heteroatoms. The van der Waals surface area contributed by atoms with Crippen molar-refractivity contribution in [2.45, 2.75) is 106 Å². The molecule has 0 radical (unpaired) electrons. The third-order valence-corrected chi connectivity index (χ3v) is 11.1. The lowest BCUT2D eigenvalue weighted by atomic mass is 10.1. The van der Waals surface area contributed by atoms with E-state index < -0.39 is 68.3 Å². The first-order valence-electron chi connectivity index (χ1n) is 18.9. The first-order valence-corrected chi connectivity index (χ1v) is 21.0. The maximum Gasteiger partial charge on any atom is 0.373 e. The molecule has 312 valence electrons. The van der Waals surface area contributed by atoms with Crippen molar-refractivity contribution in [3.63, 3.8) is 0 Å². The number of hydrogen-bond donors (Lipinski definition) is 1. The summed E-state index contributed by atoms with van der Waals surface area (Å²) in [6.07, 6.45) is -2.46. The maximum atomic E-state index is 15.0. The van der Waals surface area contributed by atoms with Gasteiger partial charge in [-0.25, -0.2) is 8.78 Å². The lowest BCUT2D eigenvalue weighted by Gasteiger charge is -2.30. The van der Waals surface area contributed by atoms with E-state index in [4.69, 9.17) is 34.9 Å². The number of nitrogens with zero attached hydrogens (tertiary/aromatic N) is 2. The predicted molar refractivity (Wildman–Crippen MR) is 214 cm³/mol. The Bertz CT molecular complexity index is 1970. The average molecular weight is 836 g/mol. The zero-order valence-electron chi connectivity index (χ0n) is 33.5. The van der Waals surface area contributed by atoms with E-state index in [0.717, 1.165) is 0 Å². The van der Waals surface area contributed by atoms with Crippen molar-refractivity contribution in [2.75, 3.05) is 12.9 Å². The summed E-state index contributed by atoms with van der Waals surface area (Å²) in [5.41, 5.74) is 2.34. The van der Waals surface area contributed by atoms with Crippen LogP contribution in [0.2, 0.25) is 5.02 Å². The number of halogens is 3. The second-order valence-corrected chi connectivity index (χ2v) is 16.9.